The van der Waals surface area contributed by atoms with Gasteiger partial charge in [0.2, 0.25) is 0 Å². The number of carbonyl (C=O) groups is 2. The van der Waals surface area contributed by atoms with Crippen molar-refractivity contribution in [3.05, 3.63) is 71.9 Å². The summed E-state index contributed by atoms with van der Waals surface area (Å²) in [5.74, 6) is -0.831. The summed E-state index contributed by atoms with van der Waals surface area (Å²) in [6.45, 7) is 1.60. The Hall–Kier alpha value is -3.55. The fourth-order valence-corrected chi connectivity index (χ4v) is 3.19. The van der Waals surface area contributed by atoms with Crippen molar-refractivity contribution in [1.29, 1.82) is 0 Å². The zero-order valence-corrected chi connectivity index (χ0v) is 15.0. The Balaban J connectivity index is 1.39. The molecule has 142 valence electrons. The van der Waals surface area contributed by atoms with Crippen LogP contribution in [0.4, 0.5) is 4.39 Å². The van der Waals surface area contributed by atoms with Gasteiger partial charge in [-0.3, -0.25) is 19.7 Å². The van der Waals surface area contributed by atoms with E-state index >= 15 is 0 Å². The van der Waals surface area contributed by atoms with Crippen LogP contribution >= 0.6 is 0 Å². The second-order valence-electron chi connectivity index (χ2n) is 6.50. The van der Waals surface area contributed by atoms with Crippen LogP contribution in [0.2, 0.25) is 0 Å². The smallest absolute Gasteiger partial charge is 0.272 e. The fraction of sp³-hybridized carbons (Fsp3) is 0.200. The van der Waals surface area contributed by atoms with E-state index in [2.05, 4.69) is 15.2 Å². The molecule has 7 nitrogen and oxygen atoms in total. The molecule has 3 aromatic rings. The van der Waals surface area contributed by atoms with Gasteiger partial charge in [0.25, 0.3) is 11.8 Å². The van der Waals surface area contributed by atoms with E-state index in [4.69, 9.17) is 0 Å². The summed E-state index contributed by atoms with van der Waals surface area (Å²) in [4.78, 5) is 32.5. The molecule has 0 atom stereocenters. The maximum absolute atomic E-state index is 13.3. The average Bonchev–Trinajstić information content (AvgIpc) is 3.24. The van der Waals surface area contributed by atoms with E-state index in [1.807, 2.05) is 12.1 Å². The second kappa shape index (κ2) is 7.59. The lowest BCUT2D eigenvalue weighted by molar-refractivity contribution is 0.0532. The van der Waals surface area contributed by atoms with Gasteiger partial charge in [-0.15, -0.1) is 0 Å². The van der Waals surface area contributed by atoms with E-state index < -0.39 is 5.82 Å². The molecule has 4 rings (SSSR count). The molecular weight excluding hydrogens is 361 g/mol. The number of rotatable bonds is 3. The molecule has 1 aliphatic rings. The van der Waals surface area contributed by atoms with Gasteiger partial charge in [-0.25, -0.2) is 4.39 Å². The predicted octanol–water partition coefficient (Wildman–Crippen LogP) is 2.21. The lowest BCUT2D eigenvalue weighted by atomic mass is 10.1. The molecule has 0 radical (unpaired) electrons. The molecule has 8 heteroatoms. The molecule has 1 fully saturated rings. The van der Waals surface area contributed by atoms with Gasteiger partial charge < -0.3 is 9.80 Å². The van der Waals surface area contributed by atoms with E-state index in [0.717, 1.165) is 5.56 Å². The first-order valence-corrected chi connectivity index (χ1v) is 8.92. The summed E-state index contributed by atoms with van der Waals surface area (Å²) in [6.07, 6.45) is 3.33. The summed E-state index contributed by atoms with van der Waals surface area (Å²) in [7, 11) is 0. The number of pyridine rings is 1. The van der Waals surface area contributed by atoms with Crippen LogP contribution in [0.15, 0.2) is 54.9 Å². The van der Waals surface area contributed by atoms with Crippen LogP contribution in [-0.2, 0) is 0 Å². The highest BCUT2D eigenvalue weighted by molar-refractivity contribution is 5.95. The van der Waals surface area contributed by atoms with E-state index in [0.29, 0.717) is 43.1 Å². The van der Waals surface area contributed by atoms with Crippen LogP contribution in [0.25, 0.3) is 11.3 Å². The number of aromatic nitrogens is 3. The molecule has 0 spiro atoms. The Labute approximate surface area is 160 Å². The van der Waals surface area contributed by atoms with Crippen LogP contribution in [0.1, 0.15) is 20.8 Å². The Kier molecular flexibility index (Phi) is 4.84. The highest BCUT2D eigenvalue weighted by Crippen LogP contribution is 2.18. The standard InChI is InChI=1S/C20H18FN5O2/c21-16-3-1-2-15(12-16)19(27)25-8-10-26(11-9-25)20(28)18-13-17(23-24-18)14-4-6-22-7-5-14/h1-7,12-13H,8-11H2,(H,23,24). The van der Waals surface area contributed by atoms with Gasteiger partial charge in [0.15, 0.2) is 0 Å². The Morgan fingerprint density at radius 2 is 1.61 bits per heavy atom. The lowest BCUT2D eigenvalue weighted by Crippen LogP contribution is -2.50. The van der Waals surface area contributed by atoms with Gasteiger partial charge in [0, 0.05) is 49.7 Å². The van der Waals surface area contributed by atoms with E-state index in [1.165, 1.54) is 18.2 Å². The number of carbonyl (C=O) groups excluding carboxylic acids is 2. The molecule has 28 heavy (non-hydrogen) atoms. The number of hydrogen-bond donors (Lipinski definition) is 1. The van der Waals surface area contributed by atoms with Crippen LogP contribution in [0.3, 0.4) is 0 Å². The van der Waals surface area contributed by atoms with E-state index in [1.54, 1.807) is 34.3 Å². The van der Waals surface area contributed by atoms with Gasteiger partial charge >= 0.3 is 0 Å². The molecule has 0 unspecified atom stereocenters. The molecule has 2 amide bonds. The van der Waals surface area contributed by atoms with Crippen LogP contribution in [0.5, 0.6) is 0 Å². The normalized spacial score (nSPS) is 14.2. The summed E-state index contributed by atoms with van der Waals surface area (Å²) in [5.41, 5.74) is 2.26. The minimum atomic E-state index is -0.441. The summed E-state index contributed by atoms with van der Waals surface area (Å²) < 4.78 is 13.3. The third kappa shape index (κ3) is 3.62. The van der Waals surface area contributed by atoms with Crippen molar-refractivity contribution in [2.24, 2.45) is 0 Å². The van der Waals surface area contributed by atoms with Gasteiger partial charge in [0.1, 0.15) is 11.5 Å². The third-order valence-electron chi connectivity index (χ3n) is 4.71. The first-order chi connectivity index (χ1) is 13.6. The van der Waals surface area contributed by atoms with E-state index in [-0.39, 0.29) is 11.8 Å². The van der Waals surface area contributed by atoms with Crippen molar-refractivity contribution in [3.63, 3.8) is 0 Å². The molecule has 0 bridgehead atoms. The molecule has 1 N–H and O–H groups in total. The summed E-state index contributed by atoms with van der Waals surface area (Å²) in [5, 5.41) is 6.98. The number of H-pyrrole nitrogens is 1. The van der Waals surface area contributed by atoms with Gasteiger partial charge in [-0.2, -0.15) is 5.10 Å². The van der Waals surface area contributed by atoms with Crippen molar-refractivity contribution in [3.8, 4) is 11.3 Å². The minimum absolute atomic E-state index is 0.161. The highest BCUT2D eigenvalue weighted by atomic mass is 19.1. The topological polar surface area (TPSA) is 82.2 Å². The largest absolute Gasteiger partial charge is 0.335 e. The first kappa shape index (κ1) is 17.8. The number of nitrogens with zero attached hydrogens (tertiary/aromatic N) is 4. The SMILES string of the molecule is O=C(c1cccc(F)c1)N1CCN(C(=O)c2cc(-c3ccncc3)n[nH]2)CC1. The predicted molar refractivity (Wildman–Crippen MR) is 100 cm³/mol. The van der Waals surface area contributed by atoms with Crippen LogP contribution in [0, 0.1) is 5.82 Å². The fourth-order valence-electron chi connectivity index (χ4n) is 3.19. The third-order valence-corrected chi connectivity index (χ3v) is 4.71. The lowest BCUT2D eigenvalue weighted by Gasteiger charge is -2.34. The van der Waals surface area contributed by atoms with Gasteiger partial charge in [-0.1, -0.05) is 6.07 Å². The molecule has 3 heterocycles. The van der Waals surface area contributed by atoms with Crippen molar-refractivity contribution in [2.45, 2.75) is 0 Å². The number of amides is 2. The molecule has 2 aromatic heterocycles. The molecular formula is C20H18FN5O2. The number of halogens is 1. The molecule has 0 aliphatic carbocycles. The Morgan fingerprint density at radius 3 is 2.29 bits per heavy atom. The summed E-state index contributed by atoms with van der Waals surface area (Å²) >= 11 is 0. The molecule has 1 aliphatic heterocycles. The quantitative estimate of drug-likeness (QED) is 0.756. The minimum Gasteiger partial charge on any atom is -0.335 e. The molecule has 1 aromatic carbocycles. The Morgan fingerprint density at radius 1 is 0.929 bits per heavy atom. The van der Waals surface area contributed by atoms with Crippen molar-refractivity contribution in [1.82, 2.24) is 25.0 Å². The van der Waals surface area contributed by atoms with Gasteiger partial charge in [-0.05, 0) is 36.4 Å². The summed E-state index contributed by atoms with van der Waals surface area (Å²) in [6, 6.07) is 11.0. The van der Waals surface area contributed by atoms with E-state index in [9.17, 15) is 14.0 Å². The molecule has 1 saturated heterocycles. The maximum atomic E-state index is 13.3. The molecule has 0 saturated carbocycles. The van der Waals surface area contributed by atoms with Crippen LogP contribution < -0.4 is 0 Å². The number of nitrogens with one attached hydrogen (secondary N) is 1. The van der Waals surface area contributed by atoms with Crippen molar-refractivity contribution >= 4 is 11.8 Å². The second-order valence-corrected chi connectivity index (χ2v) is 6.50. The number of piperazine rings is 1. The zero-order chi connectivity index (χ0) is 19.5. The monoisotopic (exact) mass is 379 g/mol. The number of benzene rings is 1. The average molecular weight is 379 g/mol. The number of hydrogen-bond acceptors (Lipinski definition) is 4. The van der Waals surface area contributed by atoms with Crippen LogP contribution in [-0.4, -0.2) is 63.0 Å². The highest BCUT2D eigenvalue weighted by Gasteiger charge is 2.26. The van der Waals surface area contributed by atoms with Crippen molar-refractivity contribution < 1.29 is 14.0 Å². The number of aromatic amines is 1. The maximum Gasteiger partial charge on any atom is 0.272 e. The Bertz CT molecular complexity index is 997. The zero-order valence-electron chi connectivity index (χ0n) is 15.0. The van der Waals surface area contributed by atoms with Crippen molar-refractivity contribution in [2.75, 3.05) is 26.2 Å². The first-order valence-electron chi connectivity index (χ1n) is 8.92. The van der Waals surface area contributed by atoms with Gasteiger partial charge in [0.05, 0.1) is 5.69 Å².